The summed E-state index contributed by atoms with van der Waals surface area (Å²) in [5.74, 6) is 0.232. The molecule has 0 atom stereocenters. The van der Waals surface area contributed by atoms with Gasteiger partial charge in [-0.2, -0.15) is 0 Å². The zero-order valence-electron chi connectivity index (χ0n) is 9.49. The molecule has 16 heavy (non-hydrogen) atoms. The van der Waals surface area contributed by atoms with Gasteiger partial charge in [-0.1, -0.05) is 25.5 Å². The van der Waals surface area contributed by atoms with Crippen molar-refractivity contribution in [1.29, 1.82) is 0 Å². The molecule has 1 fully saturated rings. The van der Waals surface area contributed by atoms with Gasteiger partial charge in [0.1, 0.15) is 5.82 Å². The summed E-state index contributed by atoms with van der Waals surface area (Å²) in [6, 6.07) is 6.39. The molecular weight excluding hydrogens is 207 g/mol. The summed E-state index contributed by atoms with van der Waals surface area (Å²) in [7, 11) is 0. The Labute approximate surface area is 95.4 Å². The first-order valence-corrected chi connectivity index (χ1v) is 5.78. The average Bonchev–Trinajstić information content (AvgIpc) is 2.30. The van der Waals surface area contributed by atoms with Gasteiger partial charge in [0.25, 0.3) is 0 Å². The van der Waals surface area contributed by atoms with Crippen LogP contribution >= 0.6 is 0 Å². The van der Waals surface area contributed by atoms with Crippen molar-refractivity contribution in [1.82, 2.24) is 0 Å². The van der Waals surface area contributed by atoms with Gasteiger partial charge in [-0.3, -0.25) is 0 Å². The van der Waals surface area contributed by atoms with E-state index in [1.54, 1.807) is 6.07 Å². The molecule has 0 bridgehead atoms. The van der Waals surface area contributed by atoms with E-state index in [1.807, 2.05) is 6.07 Å². The van der Waals surface area contributed by atoms with Crippen molar-refractivity contribution in [3.8, 4) is 0 Å². The summed E-state index contributed by atoms with van der Waals surface area (Å²) in [4.78, 5) is 0. The van der Waals surface area contributed by atoms with Crippen molar-refractivity contribution < 1.29 is 13.9 Å². The Kier molecular flexibility index (Phi) is 3.91. The molecule has 0 amide bonds. The highest BCUT2D eigenvalue weighted by molar-refractivity contribution is 5.17. The van der Waals surface area contributed by atoms with Crippen LogP contribution in [0.2, 0.25) is 0 Å². The number of benzene rings is 1. The van der Waals surface area contributed by atoms with Gasteiger partial charge < -0.3 is 9.47 Å². The van der Waals surface area contributed by atoms with E-state index in [-0.39, 0.29) is 5.82 Å². The predicted octanol–water partition coefficient (Wildman–Crippen LogP) is 3.29. The van der Waals surface area contributed by atoms with Gasteiger partial charge in [0.2, 0.25) is 0 Å². The molecule has 0 radical (unpaired) electrons. The topological polar surface area (TPSA) is 18.5 Å². The first-order chi connectivity index (χ1) is 7.79. The minimum absolute atomic E-state index is 0.250. The maximum absolute atomic E-state index is 13.0. The van der Waals surface area contributed by atoms with E-state index < -0.39 is 6.29 Å². The maximum Gasteiger partial charge on any atom is 0.183 e. The molecule has 0 saturated carbocycles. The smallest absolute Gasteiger partial charge is 0.183 e. The highest BCUT2D eigenvalue weighted by atomic mass is 19.1. The van der Waals surface area contributed by atoms with E-state index >= 15 is 0 Å². The molecule has 0 unspecified atom stereocenters. The van der Waals surface area contributed by atoms with Gasteiger partial charge in [-0.05, 0) is 18.6 Å². The van der Waals surface area contributed by atoms with E-state index in [1.165, 1.54) is 12.1 Å². The summed E-state index contributed by atoms with van der Waals surface area (Å²) in [5, 5.41) is 0. The lowest BCUT2D eigenvalue weighted by atomic mass is 10.1. The highest BCUT2D eigenvalue weighted by Gasteiger charge is 2.22. The molecule has 1 heterocycles. The summed E-state index contributed by atoms with van der Waals surface area (Å²) >= 11 is 0. The van der Waals surface area contributed by atoms with E-state index in [2.05, 4.69) is 6.92 Å². The Morgan fingerprint density at radius 3 is 2.69 bits per heavy atom. The molecule has 1 aliphatic rings. The summed E-state index contributed by atoms with van der Waals surface area (Å²) in [5.41, 5.74) is 0.759. The fourth-order valence-electron chi connectivity index (χ4n) is 1.96. The van der Waals surface area contributed by atoms with Gasteiger partial charge in [-0.15, -0.1) is 0 Å². The molecule has 2 rings (SSSR count). The van der Waals surface area contributed by atoms with Gasteiger partial charge in [0, 0.05) is 11.5 Å². The van der Waals surface area contributed by atoms with Crippen molar-refractivity contribution in [2.75, 3.05) is 13.2 Å². The third kappa shape index (κ3) is 2.80. The lowest BCUT2D eigenvalue weighted by molar-refractivity contribution is -0.206. The maximum atomic E-state index is 13.0. The Balaban J connectivity index is 1.94. The van der Waals surface area contributed by atoms with Crippen LogP contribution in [-0.2, 0) is 9.47 Å². The van der Waals surface area contributed by atoms with Crippen molar-refractivity contribution in [3.63, 3.8) is 0 Å². The molecule has 1 aliphatic heterocycles. The Morgan fingerprint density at radius 1 is 1.31 bits per heavy atom. The lowest BCUT2D eigenvalue weighted by Crippen LogP contribution is -2.27. The van der Waals surface area contributed by atoms with Crippen molar-refractivity contribution in [3.05, 3.63) is 35.6 Å². The van der Waals surface area contributed by atoms with Crippen LogP contribution < -0.4 is 0 Å². The molecule has 1 aromatic rings. The average molecular weight is 224 g/mol. The monoisotopic (exact) mass is 224 g/mol. The Morgan fingerprint density at radius 2 is 2.06 bits per heavy atom. The van der Waals surface area contributed by atoms with Gasteiger partial charge >= 0.3 is 0 Å². The normalized spacial score (nSPS) is 25.6. The molecule has 88 valence electrons. The van der Waals surface area contributed by atoms with Crippen LogP contribution in [0.4, 0.5) is 4.39 Å². The molecule has 1 aromatic carbocycles. The fourth-order valence-corrected chi connectivity index (χ4v) is 1.96. The number of ether oxygens (including phenoxy) is 2. The first-order valence-electron chi connectivity index (χ1n) is 5.78. The van der Waals surface area contributed by atoms with E-state index in [9.17, 15) is 4.39 Å². The van der Waals surface area contributed by atoms with Gasteiger partial charge in [0.15, 0.2) is 6.29 Å². The predicted molar refractivity (Wildman–Crippen MR) is 59.4 cm³/mol. The second kappa shape index (κ2) is 5.41. The largest absolute Gasteiger partial charge is 0.348 e. The van der Waals surface area contributed by atoms with Crippen LogP contribution in [0.3, 0.4) is 0 Å². The quantitative estimate of drug-likeness (QED) is 0.784. The molecule has 2 nitrogen and oxygen atoms in total. The number of hydrogen-bond acceptors (Lipinski definition) is 2. The summed E-state index contributed by atoms with van der Waals surface area (Å²) < 4.78 is 24.2. The summed E-state index contributed by atoms with van der Waals surface area (Å²) in [6.45, 7) is 3.56. The Bertz CT molecular complexity index is 332. The fraction of sp³-hybridized carbons (Fsp3) is 0.538. The van der Waals surface area contributed by atoms with Crippen LogP contribution in [0.1, 0.15) is 31.6 Å². The minimum atomic E-state index is -0.399. The Hall–Kier alpha value is -0.930. The van der Waals surface area contributed by atoms with Crippen molar-refractivity contribution in [2.24, 2.45) is 5.92 Å². The van der Waals surface area contributed by atoms with Crippen LogP contribution in [-0.4, -0.2) is 13.2 Å². The number of hydrogen-bond donors (Lipinski definition) is 0. The second-order valence-corrected chi connectivity index (χ2v) is 4.21. The van der Waals surface area contributed by atoms with Crippen LogP contribution in [0.5, 0.6) is 0 Å². The number of halogens is 1. The third-order valence-corrected chi connectivity index (χ3v) is 2.78. The molecule has 0 N–H and O–H groups in total. The molecular formula is C13H17FO2. The van der Waals surface area contributed by atoms with Crippen molar-refractivity contribution >= 4 is 0 Å². The zero-order valence-corrected chi connectivity index (χ0v) is 9.49. The first kappa shape index (κ1) is 11.6. The summed E-state index contributed by atoms with van der Waals surface area (Å²) in [6.07, 6.45) is 1.86. The van der Waals surface area contributed by atoms with Crippen LogP contribution in [0.15, 0.2) is 24.3 Å². The molecule has 0 spiro atoms. The molecule has 0 aromatic heterocycles. The van der Waals surface area contributed by atoms with Gasteiger partial charge in [-0.25, -0.2) is 4.39 Å². The van der Waals surface area contributed by atoms with Gasteiger partial charge in [0.05, 0.1) is 13.2 Å². The van der Waals surface area contributed by atoms with E-state index in [0.29, 0.717) is 19.1 Å². The number of rotatable bonds is 3. The van der Waals surface area contributed by atoms with Crippen LogP contribution in [0, 0.1) is 11.7 Å². The molecule has 3 heteroatoms. The molecule has 0 aliphatic carbocycles. The third-order valence-electron chi connectivity index (χ3n) is 2.78. The van der Waals surface area contributed by atoms with E-state index in [4.69, 9.17) is 9.47 Å². The highest BCUT2D eigenvalue weighted by Crippen LogP contribution is 2.26. The second-order valence-electron chi connectivity index (χ2n) is 4.21. The van der Waals surface area contributed by atoms with E-state index in [0.717, 1.165) is 18.4 Å². The van der Waals surface area contributed by atoms with Crippen molar-refractivity contribution in [2.45, 2.75) is 26.1 Å². The molecule has 1 saturated heterocycles. The standard InChI is InChI=1S/C13H17FO2/c1-2-4-10-8-15-13(16-9-10)11-5-3-6-12(14)7-11/h3,5-7,10,13H,2,4,8-9H2,1H3. The van der Waals surface area contributed by atoms with Crippen LogP contribution in [0.25, 0.3) is 0 Å². The minimum Gasteiger partial charge on any atom is -0.348 e. The SMILES string of the molecule is CCCC1COC(c2cccc(F)c2)OC1. The lowest BCUT2D eigenvalue weighted by Gasteiger charge is -2.29. The zero-order chi connectivity index (χ0) is 11.4.